The van der Waals surface area contributed by atoms with Crippen molar-refractivity contribution in [3.8, 4) is 5.75 Å². The van der Waals surface area contributed by atoms with E-state index in [1.807, 2.05) is 18.2 Å². The molecule has 4 atom stereocenters. The highest BCUT2D eigenvalue weighted by Crippen LogP contribution is 2.40. The van der Waals surface area contributed by atoms with Crippen molar-refractivity contribution in [1.29, 1.82) is 0 Å². The number of nitrogens with one attached hydrogen (secondary N) is 2. The van der Waals surface area contributed by atoms with Crippen LogP contribution < -0.4 is 15.4 Å². The number of ether oxygens (including phenoxy) is 2. The van der Waals surface area contributed by atoms with E-state index in [-0.39, 0.29) is 29.2 Å². The van der Waals surface area contributed by atoms with Crippen molar-refractivity contribution in [2.75, 3.05) is 33.4 Å². The van der Waals surface area contributed by atoms with Crippen molar-refractivity contribution in [2.24, 2.45) is 23.7 Å². The van der Waals surface area contributed by atoms with E-state index < -0.39 is 18.0 Å². The smallest absolute Gasteiger partial charge is 0.407 e. The molecule has 3 amide bonds. The second-order valence-corrected chi connectivity index (χ2v) is 10.9. The van der Waals surface area contributed by atoms with Crippen molar-refractivity contribution in [3.63, 3.8) is 0 Å². The molecule has 1 aliphatic heterocycles. The van der Waals surface area contributed by atoms with Gasteiger partial charge in [0.05, 0.1) is 19.3 Å². The molecular formula is C30H36FN3O5. The molecule has 2 aromatic rings. The van der Waals surface area contributed by atoms with Crippen LogP contribution in [-0.4, -0.2) is 56.2 Å². The normalized spacial score (nSPS) is 22.9. The first-order valence-electron chi connectivity index (χ1n) is 13.8. The van der Waals surface area contributed by atoms with Crippen molar-refractivity contribution < 1.29 is 28.2 Å². The zero-order valence-electron chi connectivity index (χ0n) is 22.2. The standard InChI is InChI=1S/C30H36FN3O5/c1-38-30(37)33-27(20-6-3-2-4-7-20)28(35)32-15-21-8-5-9-22-16-34(17-25(21)22)29(36)24-13-12-23(14-26(24)31)39-18-19-10-11-19/h2-4,6-7,12-14,19,21-22,25,27H,5,8-11,15-18H2,1H3,(H,32,35)(H,33,37)/t21-,22-,25-,27-/m1/s1. The van der Waals surface area contributed by atoms with Crippen LogP contribution in [0.5, 0.6) is 5.75 Å². The molecule has 2 aromatic carbocycles. The van der Waals surface area contributed by atoms with Crippen LogP contribution in [0.1, 0.15) is 54.1 Å². The summed E-state index contributed by atoms with van der Waals surface area (Å²) in [7, 11) is 1.26. The van der Waals surface area contributed by atoms with E-state index in [0.717, 1.165) is 32.1 Å². The lowest BCUT2D eigenvalue weighted by Gasteiger charge is -2.33. The largest absolute Gasteiger partial charge is 0.493 e. The van der Waals surface area contributed by atoms with Gasteiger partial charge in [-0.1, -0.05) is 36.8 Å². The van der Waals surface area contributed by atoms with Gasteiger partial charge in [0.15, 0.2) is 0 Å². The number of rotatable bonds is 9. The predicted octanol–water partition coefficient (Wildman–Crippen LogP) is 4.32. The summed E-state index contributed by atoms with van der Waals surface area (Å²) < 4.78 is 25.2. The number of methoxy groups -OCH3 is 1. The summed E-state index contributed by atoms with van der Waals surface area (Å²) in [5.74, 6) is 0.560. The number of alkyl carbamates (subject to hydrolysis) is 1. The molecule has 2 N–H and O–H groups in total. The topological polar surface area (TPSA) is 97.0 Å². The monoisotopic (exact) mass is 537 g/mol. The lowest BCUT2D eigenvalue weighted by Crippen LogP contribution is -2.44. The molecule has 0 radical (unpaired) electrons. The highest BCUT2D eigenvalue weighted by atomic mass is 19.1. The van der Waals surface area contributed by atoms with Crippen LogP contribution >= 0.6 is 0 Å². The van der Waals surface area contributed by atoms with Gasteiger partial charge in [-0.05, 0) is 67.1 Å². The van der Waals surface area contributed by atoms with Gasteiger partial charge in [0, 0.05) is 25.7 Å². The maximum atomic E-state index is 14.9. The maximum absolute atomic E-state index is 14.9. The second kappa shape index (κ2) is 12.1. The number of amides is 3. The highest BCUT2D eigenvalue weighted by Gasteiger charge is 2.42. The first-order chi connectivity index (χ1) is 18.9. The third-order valence-corrected chi connectivity index (χ3v) is 8.27. The minimum atomic E-state index is -0.876. The molecule has 1 saturated heterocycles. The molecule has 2 saturated carbocycles. The van der Waals surface area contributed by atoms with Crippen molar-refractivity contribution >= 4 is 17.9 Å². The Balaban J connectivity index is 1.20. The molecule has 5 rings (SSSR count). The summed E-state index contributed by atoms with van der Waals surface area (Å²) in [6.07, 6.45) is 4.57. The minimum absolute atomic E-state index is 0.0665. The Kier molecular flexibility index (Phi) is 8.33. The van der Waals surface area contributed by atoms with Gasteiger partial charge in [-0.25, -0.2) is 9.18 Å². The number of hydrogen-bond acceptors (Lipinski definition) is 5. The van der Waals surface area contributed by atoms with E-state index >= 15 is 0 Å². The number of nitrogens with zero attached hydrogens (tertiary/aromatic N) is 1. The van der Waals surface area contributed by atoms with E-state index in [1.54, 1.807) is 23.1 Å². The maximum Gasteiger partial charge on any atom is 0.407 e. The van der Waals surface area contributed by atoms with Gasteiger partial charge in [-0.3, -0.25) is 9.59 Å². The number of benzene rings is 2. The molecule has 0 bridgehead atoms. The van der Waals surface area contributed by atoms with Gasteiger partial charge in [0.25, 0.3) is 5.91 Å². The highest BCUT2D eigenvalue weighted by molar-refractivity contribution is 5.95. The van der Waals surface area contributed by atoms with Crippen LogP contribution in [0.25, 0.3) is 0 Å². The first-order valence-corrected chi connectivity index (χ1v) is 13.8. The third kappa shape index (κ3) is 6.52. The van der Waals surface area contributed by atoms with Gasteiger partial charge >= 0.3 is 6.09 Å². The molecule has 3 fully saturated rings. The molecule has 0 unspecified atom stereocenters. The number of carbonyl (C=O) groups excluding carboxylic acids is 3. The summed E-state index contributed by atoms with van der Waals surface area (Å²) in [4.78, 5) is 40.1. The lowest BCUT2D eigenvalue weighted by molar-refractivity contribution is -0.123. The van der Waals surface area contributed by atoms with E-state index in [2.05, 4.69) is 10.6 Å². The van der Waals surface area contributed by atoms with E-state index in [1.165, 1.54) is 19.2 Å². The average Bonchev–Trinajstić information content (AvgIpc) is 3.69. The Hall–Kier alpha value is -3.62. The van der Waals surface area contributed by atoms with Crippen LogP contribution in [0.3, 0.4) is 0 Å². The molecular weight excluding hydrogens is 501 g/mol. The molecule has 2 aliphatic carbocycles. The van der Waals surface area contributed by atoms with Crippen LogP contribution in [0, 0.1) is 29.5 Å². The van der Waals surface area contributed by atoms with Crippen molar-refractivity contribution in [3.05, 3.63) is 65.5 Å². The Bertz CT molecular complexity index is 1190. The molecule has 9 heteroatoms. The summed E-state index contributed by atoms with van der Waals surface area (Å²) in [5, 5.41) is 5.63. The Morgan fingerprint density at radius 1 is 1.05 bits per heavy atom. The lowest BCUT2D eigenvalue weighted by atomic mass is 9.74. The number of likely N-dealkylation sites (tertiary alicyclic amines) is 1. The van der Waals surface area contributed by atoms with Crippen LogP contribution in [0.2, 0.25) is 0 Å². The number of hydrogen-bond donors (Lipinski definition) is 2. The zero-order valence-corrected chi connectivity index (χ0v) is 22.2. The van der Waals surface area contributed by atoms with E-state index in [9.17, 15) is 18.8 Å². The number of fused-ring (bicyclic) bond motifs is 1. The summed E-state index contributed by atoms with van der Waals surface area (Å²) in [5.41, 5.74) is 0.724. The van der Waals surface area contributed by atoms with Crippen molar-refractivity contribution in [2.45, 2.75) is 38.1 Å². The Morgan fingerprint density at radius 2 is 1.85 bits per heavy atom. The molecule has 1 heterocycles. The van der Waals surface area contributed by atoms with E-state index in [0.29, 0.717) is 49.4 Å². The van der Waals surface area contributed by atoms with Gasteiger partial charge < -0.3 is 25.0 Å². The van der Waals surface area contributed by atoms with Gasteiger partial charge in [0.2, 0.25) is 5.91 Å². The van der Waals surface area contributed by atoms with E-state index in [4.69, 9.17) is 9.47 Å². The zero-order chi connectivity index (χ0) is 27.4. The SMILES string of the molecule is COC(=O)N[C@@H](C(=O)NC[C@H]1CCC[C@@H]2CN(C(=O)c3ccc(OCC4CC4)cc3F)C[C@H]12)c1ccccc1. The summed E-state index contributed by atoms with van der Waals surface area (Å²) in [6.45, 7) is 2.15. The fourth-order valence-corrected chi connectivity index (χ4v) is 5.90. The minimum Gasteiger partial charge on any atom is -0.493 e. The Labute approximate surface area is 228 Å². The van der Waals surface area contributed by atoms with Gasteiger partial charge in [-0.15, -0.1) is 0 Å². The molecule has 8 nitrogen and oxygen atoms in total. The molecule has 0 spiro atoms. The summed E-state index contributed by atoms with van der Waals surface area (Å²) >= 11 is 0. The van der Waals surface area contributed by atoms with Crippen LogP contribution in [0.15, 0.2) is 48.5 Å². The van der Waals surface area contributed by atoms with Crippen molar-refractivity contribution in [1.82, 2.24) is 15.5 Å². The van der Waals surface area contributed by atoms with Gasteiger partial charge in [-0.2, -0.15) is 0 Å². The van der Waals surface area contributed by atoms with Gasteiger partial charge in [0.1, 0.15) is 17.6 Å². The fourth-order valence-electron chi connectivity index (χ4n) is 5.90. The van der Waals surface area contributed by atoms with Crippen LogP contribution in [-0.2, 0) is 9.53 Å². The average molecular weight is 538 g/mol. The predicted molar refractivity (Wildman–Crippen MR) is 143 cm³/mol. The number of halogens is 1. The third-order valence-electron chi connectivity index (χ3n) is 8.27. The quantitative estimate of drug-likeness (QED) is 0.497. The first kappa shape index (κ1) is 27.0. The Morgan fingerprint density at radius 3 is 2.56 bits per heavy atom. The summed E-state index contributed by atoms with van der Waals surface area (Å²) in [6, 6.07) is 12.6. The molecule has 0 aromatic heterocycles. The number of carbonyl (C=O) groups is 3. The second-order valence-electron chi connectivity index (χ2n) is 10.9. The van der Waals surface area contributed by atoms with Crippen LogP contribution in [0.4, 0.5) is 9.18 Å². The molecule has 39 heavy (non-hydrogen) atoms. The molecule has 3 aliphatic rings. The molecule has 208 valence electrons. The fraction of sp³-hybridized carbons (Fsp3) is 0.500.